The molecule has 56 heavy (non-hydrogen) atoms. The molecule has 0 saturated carbocycles. The smallest absolute Gasteiger partial charge is 0.143 e. The maximum atomic E-state index is 7.00. The van der Waals surface area contributed by atoms with Gasteiger partial charge in [0.15, 0.2) is 0 Å². The van der Waals surface area contributed by atoms with Gasteiger partial charge in [0.1, 0.15) is 11.2 Å². The van der Waals surface area contributed by atoms with E-state index in [1.165, 1.54) is 61.0 Å². The standard InChI is InChI=1S/C54H43NO/c1-53(2)47-20-11-9-16-45(47)50-48(53)32-31-44-43-18-12-17-40(51(43)56-52(44)50)36-23-27-38(28-24-36)55(37-25-21-35(22-26-37)34-13-6-5-7-14-34)39-29-30-42-41-15-8-10-19-46(41)54(3,4)49(42)33-39/h5-10,12-19,21-33H,11,20H2,1-4H3. The Morgan fingerprint density at radius 1 is 0.482 bits per heavy atom. The number of anilines is 3. The van der Waals surface area contributed by atoms with Gasteiger partial charge in [-0.3, -0.25) is 0 Å². The highest BCUT2D eigenvalue weighted by molar-refractivity contribution is 6.14. The monoisotopic (exact) mass is 721 g/mol. The topological polar surface area (TPSA) is 16.4 Å². The van der Waals surface area contributed by atoms with Crippen LogP contribution < -0.4 is 4.90 Å². The summed E-state index contributed by atoms with van der Waals surface area (Å²) in [6, 6.07) is 55.7. The van der Waals surface area contributed by atoms with Gasteiger partial charge in [-0.1, -0.05) is 161 Å². The molecule has 0 unspecified atom stereocenters. The largest absolute Gasteiger partial charge is 0.455 e. The van der Waals surface area contributed by atoms with Crippen molar-refractivity contribution in [3.05, 3.63) is 192 Å². The van der Waals surface area contributed by atoms with Crippen molar-refractivity contribution < 1.29 is 4.42 Å². The predicted octanol–water partition coefficient (Wildman–Crippen LogP) is 15.1. The summed E-state index contributed by atoms with van der Waals surface area (Å²) in [5, 5.41) is 2.35. The van der Waals surface area contributed by atoms with Crippen molar-refractivity contribution in [1.29, 1.82) is 0 Å². The maximum absolute atomic E-state index is 7.00. The summed E-state index contributed by atoms with van der Waals surface area (Å²) in [5.41, 5.74) is 20.9. The molecule has 0 radical (unpaired) electrons. The molecule has 0 bridgehead atoms. The van der Waals surface area contributed by atoms with E-state index >= 15 is 0 Å². The molecule has 3 aliphatic carbocycles. The minimum atomic E-state index is -0.0961. The Morgan fingerprint density at radius 3 is 1.91 bits per heavy atom. The molecule has 2 heteroatoms. The summed E-state index contributed by atoms with van der Waals surface area (Å²) < 4.78 is 7.00. The highest BCUT2D eigenvalue weighted by atomic mass is 16.3. The average Bonchev–Trinajstić information content (AvgIpc) is 3.82. The molecule has 270 valence electrons. The Bertz CT molecular complexity index is 2940. The normalized spacial score (nSPS) is 15.9. The number of fused-ring (bicyclic) bond motifs is 9. The quantitative estimate of drug-likeness (QED) is 0.176. The summed E-state index contributed by atoms with van der Waals surface area (Å²) in [6.45, 7) is 9.45. The summed E-state index contributed by atoms with van der Waals surface area (Å²) in [4.78, 5) is 2.40. The van der Waals surface area contributed by atoms with E-state index in [9.17, 15) is 0 Å². The van der Waals surface area contributed by atoms with E-state index in [0.717, 1.165) is 57.6 Å². The van der Waals surface area contributed by atoms with Gasteiger partial charge in [-0.15, -0.1) is 0 Å². The molecule has 0 N–H and O–H groups in total. The highest BCUT2D eigenvalue weighted by Crippen LogP contribution is 2.54. The van der Waals surface area contributed by atoms with Crippen LogP contribution in [0.1, 0.15) is 62.8 Å². The first-order valence-corrected chi connectivity index (χ1v) is 20.0. The lowest BCUT2D eigenvalue weighted by atomic mass is 9.78. The fourth-order valence-electron chi connectivity index (χ4n) is 10.1. The van der Waals surface area contributed by atoms with Crippen molar-refractivity contribution >= 4 is 44.6 Å². The van der Waals surface area contributed by atoms with Gasteiger partial charge in [-0.05, 0) is 99.3 Å². The van der Waals surface area contributed by atoms with Gasteiger partial charge in [0.25, 0.3) is 0 Å². The predicted molar refractivity (Wildman–Crippen MR) is 235 cm³/mol. The molecular weight excluding hydrogens is 679 g/mol. The number of para-hydroxylation sites is 1. The van der Waals surface area contributed by atoms with Crippen LogP contribution in [0, 0.1) is 0 Å². The van der Waals surface area contributed by atoms with E-state index in [1.54, 1.807) is 0 Å². The average molecular weight is 722 g/mol. The Kier molecular flexibility index (Phi) is 7.11. The minimum Gasteiger partial charge on any atom is -0.455 e. The number of hydrogen-bond donors (Lipinski definition) is 0. The van der Waals surface area contributed by atoms with Crippen LogP contribution in [0.3, 0.4) is 0 Å². The van der Waals surface area contributed by atoms with E-state index in [-0.39, 0.29) is 10.8 Å². The molecule has 2 nitrogen and oxygen atoms in total. The third kappa shape index (κ3) is 4.75. The van der Waals surface area contributed by atoms with Crippen LogP contribution in [0.5, 0.6) is 0 Å². The minimum absolute atomic E-state index is 0.00750. The fraction of sp³-hybridized carbons (Fsp3) is 0.148. The molecular formula is C54H43NO. The van der Waals surface area contributed by atoms with E-state index < -0.39 is 0 Å². The zero-order valence-electron chi connectivity index (χ0n) is 32.4. The van der Waals surface area contributed by atoms with Crippen LogP contribution in [0.15, 0.2) is 174 Å². The third-order valence-electron chi connectivity index (χ3n) is 13.0. The summed E-state index contributed by atoms with van der Waals surface area (Å²) >= 11 is 0. The second kappa shape index (κ2) is 12.1. The van der Waals surface area contributed by atoms with Crippen LogP contribution in [0.2, 0.25) is 0 Å². The Hall–Kier alpha value is -6.38. The summed E-state index contributed by atoms with van der Waals surface area (Å²) in [5.74, 6) is 0. The number of furan rings is 1. The molecule has 0 amide bonds. The second-order valence-corrected chi connectivity index (χ2v) is 16.8. The first-order valence-electron chi connectivity index (χ1n) is 20.0. The van der Waals surface area contributed by atoms with Gasteiger partial charge in [0.05, 0.1) is 0 Å². The maximum Gasteiger partial charge on any atom is 0.143 e. The molecule has 0 saturated heterocycles. The molecule has 0 atom stereocenters. The second-order valence-electron chi connectivity index (χ2n) is 16.8. The van der Waals surface area contributed by atoms with E-state index in [0.29, 0.717) is 0 Å². The number of allylic oxidation sites excluding steroid dienone is 4. The molecule has 0 spiro atoms. The summed E-state index contributed by atoms with van der Waals surface area (Å²) in [6.07, 6.45) is 6.87. The number of nitrogens with zero attached hydrogens (tertiary/aromatic N) is 1. The van der Waals surface area contributed by atoms with Gasteiger partial charge in [-0.25, -0.2) is 0 Å². The number of rotatable bonds is 5. The van der Waals surface area contributed by atoms with Crippen LogP contribution in [-0.2, 0) is 10.8 Å². The highest BCUT2D eigenvalue weighted by Gasteiger charge is 2.39. The molecule has 1 aromatic heterocycles. The van der Waals surface area contributed by atoms with Gasteiger partial charge < -0.3 is 9.32 Å². The van der Waals surface area contributed by atoms with E-state index in [4.69, 9.17) is 4.42 Å². The van der Waals surface area contributed by atoms with Crippen LogP contribution >= 0.6 is 0 Å². The zero-order chi connectivity index (χ0) is 37.8. The van der Waals surface area contributed by atoms with Crippen molar-refractivity contribution in [2.45, 2.75) is 51.4 Å². The van der Waals surface area contributed by atoms with Gasteiger partial charge in [0, 0.05) is 49.8 Å². The molecule has 3 aliphatic rings. The van der Waals surface area contributed by atoms with Crippen LogP contribution in [0.25, 0.3) is 60.9 Å². The summed E-state index contributed by atoms with van der Waals surface area (Å²) in [7, 11) is 0. The van der Waals surface area contributed by atoms with E-state index in [2.05, 4.69) is 196 Å². The molecule has 0 fully saturated rings. The Morgan fingerprint density at radius 2 is 1.12 bits per heavy atom. The number of hydrogen-bond acceptors (Lipinski definition) is 2. The third-order valence-corrected chi connectivity index (χ3v) is 13.0. The van der Waals surface area contributed by atoms with Gasteiger partial charge in [-0.2, -0.15) is 0 Å². The zero-order valence-corrected chi connectivity index (χ0v) is 32.4. The van der Waals surface area contributed by atoms with E-state index in [1.807, 2.05) is 0 Å². The van der Waals surface area contributed by atoms with Crippen molar-refractivity contribution in [3.63, 3.8) is 0 Å². The lowest BCUT2D eigenvalue weighted by molar-refractivity contribution is 0.606. The van der Waals surface area contributed by atoms with Crippen LogP contribution in [0.4, 0.5) is 17.1 Å². The van der Waals surface area contributed by atoms with Gasteiger partial charge in [0.2, 0.25) is 0 Å². The van der Waals surface area contributed by atoms with Crippen molar-refractivity contribution in [2.75, 3.05) is 4.90 Å². The van der Waals surface area contributed by atoms with Crippen molar-refractivity contribution in [3.8, 4) is 33.4 Å². The first kappa shape index (κ1) is 33.0. The van der Waals surface area contributed by atoms with Gasteiger partial charge >= 0.3 is 0 Å². The van der Waals surface area contributed by atoms with Crippen molar-refractivity contribution in [1.82, 2.24) is 0 Å². The molecule has 8 aromatic rings. The van der Waals surface area contributed by atoms with Crippen LogP contribution in [-0.4, -0.2) is 0 Å². The molecule has 1 heterocycles. The molecule has 0 aliphatic heterocycles. The fourth-order valence-corrected chi connectivity index (χ4v) is 10.1. The number of benzene rings is 7. The van der Waals surface area contributed by atoms with Crippen molar-refractivity contribution in [2.24, 2.45) is 0 Å². The lowest BCUT2D eigenvalue weighted by Gasteiger charge is -2.28. The Balaban J connectivity index is 1.03. The molecule has 11 rings (SSSR count). The molecule has 7 aromatic carbocycles. The lowest BCUT2D eigenvalue weighted by Crippen LogP contribution is -2.17. The first-order chi connectivity index (χ1) is 27.3. The SMILES string of the molecule is CC1(C)C2=C(C=CCC2)c2c1ccc1c2oc2c(-c3ccc(N(c4ccc(-c5ccccc5)cc4)c4ccc5c(c4)C(C)(C)c4ccccc4-5)cc3)cccc21. The Labute approximate surface area is 329 Å².